The van der Waals surface area contributed by atoms with Gasteiger partial charge >= 0.3 is 5.97 Å². The van der Waals surface area contributed by atoms with E-state index in [2.05, 4.69) is 4.74 Å². The number of aliphatic hydroxyl groups excluding tert-OH is 2. The van der Waals surface area contributed by atoms with Crippen molar-refractivity contribution in [3.63, 3.8) is 0 Å². The zero-order valence-corrected chi connectivity index (χ0v) is 10.0. The Hall–Kier alpha value is -1.59. The van der Waals surface area contributed by atoms with Crippen LogP contribution in [0.4, 0.5) is 0 Å². The van der Waals surface area contributed by atoms with Gasteiger partial charge in [0.15, 0.2) is 6.10 Å². The summed E-state index contributed by atoms with van der Waals surface area (Å²) in [5, 5.41) is 19.4. The van der Waals surface area contributed by atoms with Crippen LogP contribution in [0.25, 0.3) is 0 Å². The van der Waals surface area contributed by atoms with Crippen LogP contribution in [0.5, 0.6) is 5.75 Å². The van der Waals surface area contributed by atoms with Crippen LogP contribution >= 0.6 is 0 Å². The third-order valence-electron chi connectivity index (χ3n) is 2.54. The highest BCUT2D eigenvalue weighted by Crippen LogP contribution is 2.25. The minimum absolute atomic E-state index is 0.462. The number of aryl methyl sites for hydroxylation is 1. The minimum Gasteiger partial charge on any atom is -0.497 e. The van der Waals surface area contributed by atoms with Crippen LogP contribution in [-0.4, -0.2) is 36.5 Å². The Kier molecular flexibility index (Phi) is 4.48. The number of carbonyl (C=O) groups is 1. The number of methoxy groups -OCH3 is 2. The molecule has 0 radical (unpaired) electrons. The quantitative estimate of drug-likeness (QED) is 0.752. The second-order valence-corrected chi connectivity index (χ2v) is 3.64. The van der Waals surface area contributed by atoms with Crippen molar-refractivity contribution in [2.24, 2.45) is 0 Å². The zero-order valence-electron chi connectivity index (χ0n) is 10.0. The molecule has 1 rings (SSSR count). The molecule has 0 aliphatic rings. The number of rotatable bonds is 4. The molecule has 0 amide bonds. The minimum atomic E-state index is -1.59. The summed E-state index contributed by atoms with van der Waals surface area (Å²) in [6, 6.07) is 4.96. The lowest BCUT2D eigenvalue weighted by Crippen LogP contribution is -2.29. The van der Waals surface area contributed by atoms with Gasteiger partial charge in [0.05, 0.1) is 14.2 Å². The van der Waals surface area contributed by atoms with Gasteiger partial charge in [0.1, 0.15) is 11.9 Å². The Balaban J connectivity index is 2.96. The number of hydrogen-bond donors (Lipinski definition) is 2. The van der Waals surface area contributed by atoms with Gasteiger partial charge in [0.25, 0.3) is 0 Å². The molecule has 0 bridgehead atoms. The smallest absolute Gasteiger partial charge is 0.337 e. The first-order valence-corrected chi connectivity index (χ1v) is 5.09. The topological polar surface area (TPSA) is 76.0 Å². The first kappa shape index (κ1) is 13.5. The predicted molar refractivity (Wildman–Crippen MR) is 60.7 cm³/mol. The molecule has 1 aromatic rings. The van der Waals surface area contributed by atoms with Gasteiger partial charge in [-0.3, -0.25) is 0 Å². The van der Waals surface area contributed by atoms with Crippen molar-refractivity contribution in [3.05, 3.63) is 29.3 Å². The van der Waals surface area contributed by atoms with Crippen LogP contribution in [0.3, 0.4) is 0 Å². The van der Waals surface area contributed by atoms with Crippen molar-refractivity contribution in [1.82, 2.24) is 0 Å². The van der Waals surface area contributed by atoms with Crippen LogP contribution < -0.4 is 4.74 Å². The van der Waals surface area contributed by atoms with Gasteiger partial charge in [-0.25, -0.2) is 4.79 Å². The maximum absolute atomic E-state index is 11.1. The highest BCUT2D eigenvalue weighted by Gasteiger charge is 2.27. The zero-order chi connectivity index (χ0) is 13.0. The number of esters is 1. The molecule has 0 saturated carbocycles. The molecule has 0 aliphatic heterocycles. The van der Waals surface area contributed by atoms with Crippen molar-refractivity contribution >= 4 is 5.97 Å². The molecule has 0 saturated heterocycles. The Morgan fingerprint density at radius 2 is 1.94 bits per heavy atom. The van der Waals surface area contributed by atoms with Gasteiger partial charge in [0, 0.05) is 0 Å². The number of ether oxygens (including phenoxy) is 2. The average Bonchev–Trinajstić information content (AvgIpc) is 2.35. The van der Waals surface area contributed by atoms with Gasteiger partial charge < -0.3 is 19.7 Å². The monoisotopic (exact) mass is 240 g/mol. The highest BCUT2D eigenvalue weighted by atomic mass is 16.5. The molecule has 5 heteroatoms. The summed E-state index contributed by atoms with van der Waals surface area (Å²) in [6.45, 7) is 1.76. The Bertz CT molecular complexity index is 402. The van der Waals surface area contributed by atoms with Gasteiger partial charge in [0.2, 0.25) is 0 Å². The summed E-state index contributed by atoms with van der Waals surface area (Å²) >= 11 is 0. The normalized spacial score (nSPS) is 13.9. The predicted octanol–water partition coefficient (Wildman–Crippen LogP) is 0.571. The second kappa shape index (κ2) is 5.65. The molecule has 0 heterocycles. The molecule has 2 unspecified atom stereocenters. The standard InChI is InChI=1S/C12H16O5/c1-7-6-8(16-2)4-5-9(7)10(13)11(14)12(15)17-3/h4-6,10-11,13-14H,1-3H3. The molecular formula is C12H16O5. The largest absolute Gasteiger partial charge is 0.497 e. The van der Waals surface area contributed by atoms with Crippen LogP contribution in [0.15, 0.2) is 18.2 Å². The summed E-state index contributed by atoms with van der Waals surface area (Å²) in [5.74, 6) is -0.223. The van der Waals surface area contributed by atoms with E-state index in [0.717, 1.165) is 12.7 Å². The summed E-state index contributed by atoms with van der Waals surface area (Å²) in [6.07, 6.45) is -2.90. The van der Waals surface area contributed by atoms with Crippen LogP contribution in [0.1, 0.15) is 17.2 Å². The van der Waals surface area contributed by atoms with Crippen LogP contribution in [-0.2, 0) is 9.53 Å². The van der Waals surface area contributed by atoms with Gasteiger partial charge in [-0.2, -0.15) is 0 Å². The third-order valence-corrected chi connectivity index (χ3v) is 2.54. The second-order valence-electron chi connectivity index (χ2n) is 3.64. The summed E-state index contributed by atoms with van der Waals surface area (Å²) in [5.41, 5.74) is 1.18. The van der Waals surface area contributed by atoms with Crippen molar-refractivity contribution in [1.29, 1.82) is 0 Å². The maximum Gasteiger partial charge on any atom is 0.337 e. The molecule has 0 aromatic heterocycles. The van der Waals surface area contributed by atoms with Crippen LogP contribution in [0, 0.1) is 6.92 Å². The summed E-state index contributed by atoms with van der Waals surface area (Å²) in [4.78, 5) is 11.1. The lowest BCUT2D eigenvalue weighted by molar-refractivity contribution is -0.156. The summed E-state index contributed by atoms with van der Waals surface area (Å²) in [7, 11) is 2.69. The molecule has 94 valence electrons. The van der Waals surface area contributed by atoms with E-state index in [0.29, 0.717) is 11.3 Å². The molecule has 2 N–H and O–H groups in total. The van der Waals surface area contributed by atoms with E-state index < -0.39 is 18.2 Å². The first-order chi connectivity index (χ1) is 8.01. The molecule has 2 atom stereocenters. The molecule has 5 nitrogen and oxygen atoms in total. The van der Waals surface area contributed by atoms with Crippen LogP contribution in [0.2, 0.25) is 0 Å². The lowest BCUT2D eigenvalue weighted by atomic mass is 9.99. The molecule has 1 aromatic carbocycles. The number of hydrogen-bond acceptors (Lipinski definition) is 5. The maximum atomic E-state index is 11.1. The van der Waals surface area contributed by atoms with E-state index in [1.54, 1.807) is 25.1 Å². The lowest BCUT2D eigenvalue weighted by Gasteiger charge is -2.18. The van der Waals surface area contributed by atoms with Gasteiger partial charge in [-0.05, 0) is 30.2 Å². The third kappa shape index (κ3) is 2.95. The van der Waals surface area contributed by atoms with E-state index in [1.807, 2.05) is 0 Å². The summed E-state index contributed by atoms with van der Waals surface area (Å²) < 4.78 is 9.39. The van der Waals surface area contributed by atoms with E-state index >= 15 is 0 Å². The molecule has 0 aliphatic carbocycles. The fraction of sp³-hybridized carbons (Fsp3) is 0.417. The molecule has 17 heavy (non-hydrogen) atoms. The number of aliphatic hydroxyl groups is 2. The Morgan fingerprint density at radius 1 is 1.29 bits per heavy atom. The Morgan fingerprint density at radius 3 is 2.41 bits per heavy atom. The van der Waals surface area contributed by atoms with Crippen molar-refractivity contribution < 1.29 is 24.5 Å². The Labute approximate surface area is 99.6 Å². The highest BCUT2D eigenvalue weighted by molar-refractivity contribution is 5.75. The van der Waals surface area contributed by atoms with E-state index in [1.165, 1.54) is 7.11 Å². The van der Waals surface area contributed by atoms with E-state index in [4.69, 9.17) is 4.74 Å². The molecular weight excluding hydrogens is 224 g/mol. The average molecular weight is 240 g/mol. The van der Waals surface area contributed by atoms with Crippen molar-refractivity contribution in [2.45, 2.75) is 19.1 Å². The van der Waals surface area contributed by atoms with E-state index in [9.17, 15) is 15.0 Å². The molecule has 0 fully saturated rings. The fourth-order valence-electron chi connectivity index (χ4n) is 1.53. The molecule has 0 spiro atoms. The van der Waals surface area contributed by atoms with E-state index in [-0.39, 0.29) is 0 Å². The van der Waals surface area contributed by atoms with Gasteiger partial charge in [-0.1, -0.05) is 6.07 Å². The van der Waals surface area contributed by atoms with Crippen molar-refractivity contribution in [3.8, 4) is 5.75 Å². The van der Waals surface area contributed by atoms with Crippen molar-refractivity contribution in [2.75, 3.05) is 14.2 Å². The first-order valence-electron chi connectivity index (χ1n) is 5.09. The fourth-order valence-corrected chi connectivity index (χ4v) is 1.53. The van der Waals surface area contributed by atoms with Gasteiger partial charge in [-0.15, -0.1) is 0 Å². The number of benzene rings is 1. The number of carbonyl (C=O) groups excluding carboxylic acids is 1. The SMILES string of the molecule is COC(=O)C(O)C(O)c1ccc(OC)cc1C.